The van der Waals surface area contributed by atoms with Gasteiger partial charge >= 0.3 is 6.03 Å². The zero-order valence-corrected chi connectivity index (χ0v) is 14.9. The van der Waals surface area contributed by atoms with Crippen molar-refractivity contribution in [2.75, 3.05) is 12.3 Å². The van der Waals surface area contributed by atoms with Crippen molar-refractivity contribution in [3.05, 3.63) is 52.9 Å². The van der Waals surface area contributed by atoms with E-state index in [4.69, 9.17) is 0 Å². The number of carbonyl (C=O) groups is 2. The summed E-state index contributed by atoms with van der Waals surface area (Å²) in [5, 5.41) is 17.6. The minimum atomic E-state index is -0.480. The Hall–Kier alpha value is -2.45. The van der Waals surface area contributed by atoms with Crippen molar-refractivity contribution in [3.63, 3.8) is 0 Å². The topological polar surface area (TPSA) is 84.0 Å². The SMILES string of the molecule is O=C(CSc1nncc2ccccc12)NC(=O)NCCc1cccs1. The molecule has 3 rings (SSSR count). The van der Waals surface area contributed by atoms with Crippen molar-refractivity contribution in [1.82, 2.24) is 20.8 Å². The van der Waals surface area contributed by atoms with Crippen LogP contribution in [0.1, 0.15) is 4.88 Å². The molecule has 0 atom stereocenters. The van der Waals surface area contributed by atoms with Gasteiger partial charge in [-0.25, -0.2) is 4.79 Å². The zero-order valence-electron chi connectivity index (χ0n) is 13.3. The van der Waals surface area contributed by atoms with E-state index >= 15 is 0 Å². The van der Waals surface area contributed by atoms with Crippen LogP contribution in [0.25, 0.3) is 10.8 Å². The van der Waals surface area contributed by atoms with Gasteiger partial charge in [-0.1, -0.05) is 42.1 Å². The van der Waals surface area contributed by atoms with Crippen molar-refractivity contribution in [1.29, 1.82) is 0 Å². The van der Waals surface area contributed by atoms with Gasteiger partial charge in [-0.3, -0.25) is 10.1 Å². The molecule has 3 aromatic rings. The molecule has 8 heteroatoms. The van der Waals surface area contributed by atoms with Crippen LogP contribution < -0.4 is 10.6 Å². The molecular weight excluding hydrogens is 356 g/mol. The number of hydrogen-bond acceptors (Lipinski definition) is 6. The van der Waals surface area contributed by atoms with Crippen LogP contribution in [-0.2, 0) is 11.2 Å². The smallest absolute Gasteiger partial charge is 0.321 e. The largest absolute Gasteiger partial charge is 0.337 e. The lowest BCUT2D eigenvalue weighted by Crippen LogP contribution is -2.41. The van der Waals surface area contributed by atoms with Crippen LogP contribution in [0.15, 0.2) is 53.0 Å². The number of benzene rings is 1. The second-order valence-electron chi connectivity index (χ2n) is 5.16. The summed E-state index contributed by atoms with van der Waals surface area (Å²) >= 11 is 2.90. The number of nitrogens with zero attached hydrogens (tertiary/aromatic N) is 2. The van der Waals surface area contributed by atoms with E-state index in [9.17, 15) is 9.59 Å². The quantitative estimate of drug-likeness (QED) is 0.650. The van der Waals surface area contributed by atoms with Crippen LogP contribution >= 0.6 is 23.1 Å². The van der Waals surface area contributed by atoms with E-state index < -0.39 is 6.03 Å². The number of amides is 3. The lowest BCUT2D eigenvalue weighted by molar-refractivity contribution is -0.117. The average Bonchev–Trinajstić information content (AvgIpc) is 3.13. The fraction of sp³-hybridized carbons (Fsp3) is 0.176. The number of aromatic nitrogens is 2. The maximum absolute atomic E-state index is 11.9. The summed E-state index contributed by atoms with van der Waals surface area (Å²) in [5.41, 5.74) is 0. The van der Waals surface area contributed by atoms with Gasteiger partial charge in [0.1, 0.15) is 5.03 Å². The first kappa shape index (κ1) is 17.4. The Morgan fingerprint density at radius 2 is 2.04 bits per heavy atom. The number of thioether (sulfide) groups is 1. The predicted octanol–water partition coefficient (Wildman–Crippen LogP) is 2.85. The van der Waals surface area contributed by atoms with Crippen molar-refractivity contribution in [3.8, 4) is 0 Å². The first-order valence-electron chi connectivity index (χ1n) is 7.65. The predicted molar refractivity (Wildman–Crippen MR) is 99.8 cm³/mol. The summed E-state index contributed by atoms with van der Waals surface area (Å²) < 4.78 is 0. The van der Waals surface area contributed by atoms with E-state index in [2.05, 4.69) is 20.8 Å². The lowest BCUT2D eigenvalue weighted by atomic mass is 10.2. The van der Waals surface area contributed by atoms with Crippen LogP contribution in [0, 0.1) is 0 Å². The second kappa shape index (κ2) is 8.59. The Bertz CT molecular complexity index is 863. The maximum Gasteiger partial charge on any atom is 0.321 e. The molecule has 2 heterocycles. The van der Waals surface area contributed by atoms with E-state index in [1.54, 1.807) is 17.5 Å². The van der Waals surface area contributed by atoms with Gasteiger partial charge in [-0.05, 0) is 17.9 Å². The maximum atomic E-state index is 11.9. The summed E-state index contributed by atoms with van der Waals surface area (Å²) in [7, 11) is 0. The minimum absolute atomic E-state index is 0.0982. The molecule has 6 nitrogen and oxygen atoms in total. The van der Waals surface area contributed by atoms with Crippen molar-refractivity contribution >= 4 is 45.8 Å². The summed E-state index contributed by atoms with van der Waals surface area (Å²) in [6, 6.07) is 11.2. The molecule has 0 bridgehead atoms. The standard InChI is InChI=1S/C17H16N4O2S2/c22-15(20-17(23)18-8-7-13-5-3-9-24-13)11-25-16-14-6-2-1-4-12(14)10-19-21-16/h1-6,9-10H,7-8,11H2,(H2,18,20,22,23). The summed E-state index contributed by atoms with van der Waals surface area (Å²) in [6.45, 7) is 0.488. The van der Waals surface area contributed by atoms with E-state index in [0.717, 1.165) is 17.2 Å². The van der Waals surface area contributed by atoms with Crippen LogP contribution in [0.2, 0.25) is 0 Å². The Kier molecular flexibility index (Phi) is 5.97. The number of hydrogen-bond donors (Lipinski definition) is 2. The highest BCUT2D eigenvalue weighted by atomic mass is 32.2. The lowest BCUT2D eigenvalue weighted by Gasteiger charge is -2.06. The molecule has 0 saturated carbocycles. The van der Waals surface area contributed by atoms with E-state index in [-0.39, 0.29) is 11.7 Å². The summed E-state index contributed by atoms with van der Waals surface area (Å²) in [4.78, 5) is 24.8. The number of urea groups is 1. The average molecular weight is 372 g/mol. The first-order chi connectivity index (χ1) is 12.2. The van der Waals surface area contributed by atoms with Crippen LogP contribution in [-0.4, -0.2) is 34.4 Å². The number of carbonyl (C=O) groups excluding carboxylic acids is 2. The highest BCUT2D eigenvalue weighted by molar-refractivity contribution is 8.00. The highest BCUT2D eigenvalue weighted by Gasteiger charge is 2.10. The van der Waals surface area contributed by atoms with Gasteiger partial charge in [0.15, 0.2) is 0 Å². The monoisotopic (exact) mass is 372 g/mol. The molecule has 0 unspecified atom stereocenters. The summed E-state index contributed by atoms with van der Waals surface area (Å²) in [6.07, 6.45) is 2.43. The number of thiophene rings is 1. The summed E-state index contributed by atoms with van der Waals surface area (Å²) in [5.74, 6) is -0.269. The Morgan fingerprint density at radius 3 is 2.88 bits per heavy atom. The molecule has 0 aliphatic carbocycles. The van der Waals surface area contributed by atoms with Gasteiger partial charge in [0.25, 0.3) is 0 Å². The first-order valence-corrected chi connectivity index (χ1v) is 9.52. The molecule has 2 N–H and O–H groups in total. The van der Waals surface area contributed by atoms with Crippen molar-refractivity contribution in [2.45, 2.75) is 11.4 Å². The molecule has 25 heavy (non-hydrogen) atoms. The highest BCUT2D eigenvalue weighted by Crippen LogP contribution is 2.24. The van der Waals surface area contributed by atoms with Gasteiger partial charge in [0.05, 0.1) is 11.9 Å². The fourth-order valence-electron chi connectivity index (χ4n) is 2.20. The van der Waals surface area contributed by atoms with Crippen LogP contribution in [0.4, 0.5) is 4.79 Å². The normalized spacial score (nSPS) is 10.6. The molecule has 1 aromatic carbocycles. The van der Waals surface area contributed by atoms with Crippen molar-refractivity contribution in [2.24, 2.45) is 0 Å². The Morgan fingerprint density at radius 1 is 1.16 bits per heavy atom. The van der Waals surface area contributed by atoms with Gasteiger partial charge < -0.3 is 5.32 Å². The third kappa shape index (κ3) is 5.01. The molecule has 0 saturated heterocycles. The molecule has 128 valence electrons. The zero-order chi connectivity index (χ0) is 17.5. The van der Waals surface area contributed by atoms with Crippen LogP contribution in [0.5, 0.6) is 0 Å². The molecule has 0 aliphatic rings. The van der Waals surface area contributed by atoms with Gasteiger partial charge in [0, 0.05) is 22.2 Å². The molecule has 0 aliphatic heterocycles. The van der Waals surface area contributed by atoms with Crippen LogP contribution in [0.3, 0.4) is 0 Å². The molecule has 0 radical (unpaired) electrons. The fourth-order valence-corrected chi connectivity index (χ4v) is 3.70. The van der Waals surface area contributed by atoms with E-state index in [0.29, 0.717) is 11.6 Å². The number of fused-ring (bicyclic) bond motifs is 1. The molecule has 3 amide bonds. The third-order valence-electron chi connectivity index (χ3n) is 3.37. The number of imide groups is 1. The molecule has 2 aromatic heterocycles. The second-order valence-corrected chi connectivity index (χ2v) is 7.16. The third-order valence-corrected chi connectivity index (χ3v) is 5.28. The molecular formula is C17H16N4O2S2. The Labute approximate surface area is 153 Å². The number of nitrogens with one attached hydrogen (secondary N) is 2. The minimum Gasteiger partial charge on any atom is -0.337 e. The Balaban J connectivity index is 1.45. The van der Waals surface area contributed by atoms with Gasteiger partial charge in [0.2, 0.25) is 5.91 Å². The van der Waals surface area contributed by atoms with Crippen molar-refractivity contribution < 1.29 is 9.59 Å². The van der Waals surface area contributed by atoms with E-state index in [1.165, 1.54) is 16.6 Å². The van der Waals surface area contributed by atoms with Gasteiger partial charge in [-0.15, -0.1) is 16.4 Å². The van der Waals surface area contributed by atoms with Gasteiger partial charge in [-0.2, -0.15) is 5.10 Å². The molecule has 0 fully saturated rings. The number of rotatable bonds is 6. The molecule has 0 spiro atoms. The van der Waals surface area contributed by atoms with E-state index in [1.807, 2.05) is 41.8 Å².